The summed E-state index contributed by atoms with van der Waals surface area (Å²) in [6, 6.07) is 15.1. The van der Waals surface area contributed by atoms with Crippen molar-refractivity contribution >= 4 is 17.5 Å². The second-order valence-electron chi connectivity index (χ2n) is 8.41. The average Bonchev–Trinajstić information content (AvgIpc) is 3.48. The molecule has 1 N–H and O–H groups in total. The van der Waals surface area contributed by atoms with Crippen molar-refractivity contribution in [3.8, 4) is 11.5 Å². The van der Waals surface area contributed by atoms with E-state index in [1.807, 2.05) is 60.7 Å². The Balaban J connectivity index is 1.27. The van der Waals surface area contributed by atoms with Gasteiger partial charge in [0.15, 0.2) is 0 Å². The highest BCUT2D eigenvalue weighted by molar-refractivity contribution is 6.03. The lowest BCUT2D eigenvalue weighted by Gasteiger charge is -2.23. The molecule has 166 valence electrons. The van der Waals surface area contributed by atoms with E-state index in [4.69, 9.17) is 14.2 Å². The van der Waals surface area contributed by atoms with Crippen LogP contribution in [0.4, 0.5) is 5.69 Å². The maximum Gasteiger partial charge on any atom is 0.234 e. The quantitative estimate of drug-likeness (QED) is 0.677. The van der Waals surface area contributed by atoms with Gasteiger partial charge in [-0.3, -0.25) is 9.59 Å². The van der Waals surface area contributed by atoms with Crippen LogP contribution >= 0.6 is 0 Å². The number of nitrogens with one attached hydrogen (secondary N) is 1. The number of methoxy groups -OCH3 is 2. The summed E-state index contributed by atoms with van der Waals surface area (Å²) in [5.41, 5.74) is 1.15. The number of hydrogen-bond acceptors (Lipinski definition) is 5. The molecule has 32 heavy (non-hydrogen) atoms. The van der Waals surface area contributed by atoms with Crippen molar-refractivity contribution in [3.63, 3.8) is 0 Å². The highest BCUT2D eigenvalue weighted by Crippen LogP contribution is 2.52. The molecular formula is C25H26N2O5. The molecule has 1 spiro atoms. The molecule has 0 radical (unpaired) electrons. The lowest BCUT2D eigenvalue weighted by atomic mass is 9.77. The number of carbonyl (C=O) groups excluding carboxylic acids is 2. The third-order valence-corrected chi connectivity index (χ3v) is 6.66. The Morgan fingerprint density at radius 1 is 1.09 bits per heavy atom. The molecule has 5 rings (SSSR count). The minimum absolute atomic E-state index is 0.0719. The standard InChI is InChI=1S/C25H26N2O5/c1-30-18-7-3-16(4-8-18)12-14-26-23(28)21-20-11-13-25(32-20)15-27(24(29)22(21)25)17-5-9-19(31-2)10-6-17/h3-11,13,20-22H,12,14-15H2,1-2H3,(H,26,28)/t20-,21-,22-,25-/m1/s1. The highest BCUT2D eigenvalue weighted by atomic mass is 16.5. The van der Waals surface area contributed by atoms with Crippen LogP contribution in [0.15, 0.2) is 60.7 Å². The van der Waals surface area contributed by atoms with Crippen LogP contribution in [0.3, 0.4) is 0 Å². The van der Waals surface area contributed by atoms with Crippen LogP contribution in [-0.2, 0) is 20.7 Å². The van der Waals surface area contributed by atoms with Crippen LogP contribution in [0.1, 0.15) is 5.56 Å². The van der Waals surface area contributed by atoms with Gasteiger partial charge in [-0.2, -0.15) is 0 Å². The van der Waals surface area contributed by atoms with E-state index in [9.17, 15) is 9.59 Å². The first-order valence-electron chi connectivity index (χ1n) is 10.8. The molecule has 4 atom stereocenters. The Bertz CT molecular complexity index is 1050. The third-order valence-electron chi connectivity index (χ3n) is 6.66. The van der Waals surface area contributed by atoms with Crippen LogP contribution in [0.2, 0.25) is 0 Å². The van der Waals surface area contributed by atoms with E-state index in [-0.39, 0.29) is 17.9 Å². The first kappa shape index (κ1) is 20.6. The summed E-state index contributed by atoms with van der Waals surface area (Å²) >= 11 is 0. The second kappa shape index (κ2) is 7.98. The Morgan fingerprint density at radius 2 is 1.75 bits per heavy atom. The van der Waals surface area contributed by atoms with E-state index in [1.54, 1.807) is 19.1 Å². The molecule has 7 heteroatoms. The first-order chi connectivity index (χ1) is 15.5. The smallest absolute Gasteiger partial charge is 0.234 e. The summed E-state index contributed by atoms with van der Waals surface area (Å²) in [5.74, 6) is 0.286. The zero-order chi connectivity index (χ0) is 22.3. The molecule has 0 saturated carbocycles. The first-order valence-corrected chi connectivity index (χ1v) is 10.8. The summed E-state index contributed by atoms with van der Waals surface area (Å²) in [6.07, 6.45) is 4.23. The summed E-state index contributed by atoms with van der Waals surface area (Å²) in [4.78, 5) is 28.2. The topological polar surface area (TPSA) is 77.1 Å². The van der Waals surface area contributed by atoms with Crippen LogP contribution in [0, 0.1) is 11.8 Å². The van der Waals surface area contributed by atoms with Crippen molar-refractivity contribution in [2.45, 2.75) is 18.1 Å². The molecule has 0 unspecified atom stereocenters. The van der Waals surface area contributed by atoms with Crippen molar-refractivity contribution in [2.24, 2.45) is 11.8 Å². The van der Waals surface area contributed by atoms with Gasteiger partial charge in [-0.1, -0.05) is 24.3 Å². The number of rotatable bonds is 7. The summed E-state index contributed by atoms with van der Waals surface area (Å²) in [5, 5.41) is 3.01. The van der Waals surface area contributed by atoms with Crippen molar-refractivity contribution in [1.82, 2.24) is 5.32 Å². The van der Waals surface area contributed by atoms with E-state index >= 15 is 0 Å². The van der Waals surface area contributed by atoms with E-state index in [0.29, 0.717) is 19.5 Å². The van der Waals surface area contributed by atoms with Gasteiger partial charge in [0.05, 0.1) is 38.7 Å². The number of amides is 2. The van der Waals surface area contributed by atoms with Crippen molar-refractivity contribution in [3.05, 3.63) is 66.2 Å². The minimum atomic E-state index is -0.736. The average molecular weight is 434 g/mol. The lowest BCUT2D eigenvalue weighted by molar-refractivity contribution is -0.131. The summed E-state index contributed by atoms with van der Waals surface area (Å²) in [7, 11) is 3.24. The van der Waals surface area contributed by atoms with E-state index in [1.165, 1.54) is 0 Å². The van der Waals surface area contributed by atoms with Crippen LogP contribution in [0.5, 0.6) is 11.5 Å². The van der Waals surface area contributed by atoms with Crippen LogP contribution in [0.25, 0.3) is 0 Å². The van der Waals surface area contributed by atoms with E-state index < -0.39 is 17.4 Å². The van der Waals surface area contributed by atoms with Crippen molar-refractivity contribution in [1.29, 1.82) is 0 Å². The molecule has 2 fully saturated rings. The van der Waals surface area contributed by atoms with E-state index in [2.05, 4.69) is 5.32 Å². The van der Waals surface area contributed by atoms with Crippen molar-refractivity contribution in [2.75, 3.05) is 32.2 Å². The van der Waals surface area contributed by atoms with Gasteiger partial charge in [-0.05, 0) is 48.4 Å². The van der Waals surface area contributed by atoms with E-state index in [0.717, 1.165) is 22.7 Å². The minimum Gasteiger partial charge on any atom is -0.497 e. The van der Waals surface area contributed by atoms with Gasteiger partial charge in [0, 0.05) is 12.2 Å². The second-order valence-corrected chi connectivity index (χ2v) is 8.41. The number of hydrogen-bond donors (Lipinski definition) is 1. The molecule has 3 aliphatic rings. The fraction of sp³-hybridized carbons (Fsp3) is 0.360. The molecule has 3 aliphatic heterocycles. The predicted molar refractivity (Wildman–Crippen MR) is 119 cm³/mol. The molecule has 2 aromatic carbocycles. The number of nitrogens with zero attached hydrogens (tertiary/aromatic N) is 1. The molecule has 2 amide bonds. The normalized spacial score (nSPS) is 27.5. The highest BCUT2D eigenvalue weighted by Gasteiger charge is 2.67. The zero-order valence-electron chi connectivity index (χ0n) is 18.1. The predicted octanol–water partition coefficient (Wildman–Crippen LogP) is 2.35. The number of fused-ring (bicyclic) bond motifs is 1. The molecule has 0 aromatic heterocycles. The monoisotopic (exact) mass is 434 g/mol. The number of benzene rings is 2. The SMILES string of the molecule is COc1ccc(CCNC(=O)[C@@H]2[C@H]3C=C[C@]4(CN(c5ccc(OC)cc5)C(=O)[C@@H]24)O3)cc1. The number of ether oxygens (including phenoxy) is 3. The molecule has 7 nitrogen and oxygen atoms in total. The van der Waals surface area contributed by atoms with Gasteiger partial charge < -0.3 is 24.4 Å². The Morgan fingerprint density at radius 3 is 2.41 bits per heavy atom. The Hall–Kier alpha value is -3.32. The van der Waals surface area contributed by atoms with Crippen LogP contribution in [-0.4, -0.2) is 50.8 Å². The van der Waals surface area contributed by atoms with Crippen LogP contribution < -0.4 is 19.7 Å². The number of carbonyl (C=O) groups is 2. The lowest BCUT2D eigenvalue weighted by Crippen LogP contribution is -2.44. The summed E-state index contributed by atoms with van der Waals surface area (Å²) < 4.78 is 16.6. The third kappa shape index (κ3) is 3.33. The van der Waals surface area contributed by atoms with Crippen molar-refractivity contribution < 1.29 is 23.8 Å². The van der Waals surface area contributed by atoms with Gasteiger partial charge in [-0.15, -0.1) is 0 Å². The Kier molecular flexibility index (Phi) is 5.13. The fourth-order valence-electron chi connectivity index (χ4n) is 5.02. The van der Waals surface area contributed by atoms with Gasteiger partial charge in [0.1, 0.15) is 17.1 Å². The molecule has 0 aliphatic carbocycles. The zero-order valence-corrected chi connectivity index (χ0v) is 18.1. The van der Waals surface area contributed by atoms with Gasteiger partial charge in [0.2, 0.25) is 11.8 Å². The van der Waals surface area contributed by atoms with Gasteiger partial charge in [-0.25, -0.2) is 0 Å². The largest absolute Gasteiger partial charge is 0.497 e. The number of anilines is 1. The summed E-state index contributed by atoms with van der Waals surface area (Å²) in [6.45, 7) is 0.902. The fourth-order valence-corrected chi connectivity index (χ4v) is 5.02. The molecule has 2 saturated heterocycles. The molecule has 2 bridgehead atoms. The Labute approximate surface area is 186 Å². The molecule has 2 aromatic rings. The van der Waals surface area contributed by atoms with Gasteiger partial charge in [0.25, 0.3) is 0 Å². The molecular weight excluding hydrogens is 408 g/mol. The van der Waals surface area contributed by atoms with Gasteiger partial charge >= 0.3 is 0 Å². The molecule has 3 heterocycles. The maximum absolute atomic E-state index is 13.4. The maximum atomic E-state index is 13.4.